The zero-order valence-electron chi connectivity index (χ0n) is 15.4. The van der Waals surface area contributed by atoms with Crippen LogP contribution in [0.4, 0.5) is 23.7 Å². The fourth-order valence-corrected chi connectivity index (χ4v) is 2.37. The molecule has 2 rings (SSSR count). The molecule has 4 amide bonds. The number of nitrogens with zero attached hydrogens (tertiary/aromatic N) is 1. The second-order valence-corrected chi connectivity index (χ2v) is 6.07. The first-order valence-electron chi connectivity index (χ1n) is 8.40. The van der Waals surface area contributed by atoms with Crippen molar-refractivity contribution in [1.29, 1.82) is 0 Å². The Morgan fingerprint density at radius 1 is 1.03 bits per heavy atom. The number of carbonyl (C=O) groups is 3. The van der Waals surface area contributed by atoms with Crippen LogP contribution < -0.4 is 16.0 Å². The fraction of sp³-hybridized carbons (Fsp3) is 0.278. The largest absolute Gasteiger partial charge is 0.467 e. The molecule has 1 aromatic heterocycles. The van der Waals surface area contributed by atoms with E-state index in [0.29, 0.717) is 5.76 Å². The molecule has 0 aliphatic heterocycles. The lowest BCUT2D eigenvalue weighted by molar-refractivity contribution is -0.137. The summed E-state index contributed by atoms with van der Waals surface area (Å²) in [5, 5.41) is 6.66. The molecule has 8 nitrogen and oxygen atoms in total. The van der Waals surface area contributed by atoms with E-state index in [9.17, 15) is 27.6 Å². The molecule has 1 heterocycles. The topological polar surface area (TPSA) is 104 Å². The van der Waals surface area contributed by atoms with E-state index in [2.05, 4.69) is 16.0 Å². The normalized spacial score (nSPS) is 11.2. The lowest BCUT2D eigenvalue weighted by atomic mass is 10.1. The Labute approximate surface area is 164 Å². The van der Waals surface area contributed by atoms with E-state index in [4.69, 9.17) is 4.42 Å². The smallest absolute Gasteiger partial charge is 0.418 e. The van der Waals surface area contributed by atoms with Crippen LogP contribution in [0.1, 0.15) is 11.3 Å². The summed E-state index contributed by atoms with van der Waals surface area (Å²) in [6.45, 7) is -0.584. The van der Waals surface area contributed by atoms with E-state index in [1.165, 1.54) is 30.3 Å². The Kier molecular flexibility index (Phi) is 7.37. The highest BCUT2D eigenvalue weighted by Crippen LogP contribution is 2.34. The Hall–Kier alpha value is -3.34. The van der Waals surface area contributed by atoms with Crippen molar-refractivity contribution in [2.75, 3.05) is 25.5 Å². The highest BCUT2D eigenvalue weighted by atomic mass is 19.4. The molecule has 0 aliphatic carbocycles. The van der Waals surface area contributed by atoms with E-state index in [-0.39, 0.29) is 25.3 Å². The Bertz CT molecular complexity index is 853. The minimum atomic E-state index is -4.61. The maximum absolute atomic E-state index is 12.9. The molecular weight excluding hydrogens is 393 g/mol. The lowest BCUT2D eigenvalue weighted by Crippen LogP contribution is -2.44. The number of urea groups is 1. The summed E-state index contributed by atoms with van der Waals surface area (Å²) >= 11 is 0. The van der Waals surface area contributed by atoms with Gasteiger partial charge in [0, 0.05) is 0 Å². The molecule has 1 aromatic carbocycles. The van der Waals surface area contributed by atoms with Gasteiger partial charge >= 0.3 is 12.2 Å². The number of halogens is 3. The molecule has 0 fully saturated rings. The van der Waals surface area contributed by atoms with Gasteiger partial charge in [0.15, 0.2) is 0 Å². The molecule has 0 unspecified atom stereocenters. The summed E-state index contributed by atoms with van der Waals surface area (Å²) in [7, 11) is 1.41. The molecule has 0 radical (unpaired) electrons. The van der Waals surface area contributed by atoms with Gasteiger partial charge in [0.2, 0.25) is 11.8 Å². The van der Waals surface area contributed by atoms with Crippen LogP contribution in [0.15, 0.2) is 47.1 Å². The molecule has 0 atom stereocenters. The van der Waals surface area contributed by atoms with Crippen LogP contribution in [0.2, 0.25) is 0 Å². The van der Waals surface area contributed by atoms with Crippen molar-refractivity contribution >= 4 is 23.5 Å². The van der Waals surface area contributed by atoms with Gasteiger partial charge in [-0.05, 0) is 31.3 Å². The zero-order valence-corrected chi connectivity index (χ0v) is 15.4. The number of hydrogen-bond donors (Lipinski definition) is 3. The summed E-state index contributed by atoms with van der Waals surface area (Å²) in [6, 6.07) is 7.11. The van der Waals surface area contributed by atoms with Crippen molar-refractivity contribution in [2.24, 2.45) is 0 Å². The fourth-order valence-electron chi connectivity index (χ4n) is 2.37. The number of benzene rings is 1. The number of hydrogen-bond acceptors (Lipinski definition) is 5. The predicted molar refractivity (Wildman–Crippen MR) is 96.7 cm³/mol. The number of alkyl halides is 3. The van der Waals surface area contributed by atoms with Gasteiger partial charge in [-0.25, -0.2) is 4.79 Å². The standard InChI is InChI=1S/C18H19F3N4O4/c1-25(11-16(27)24-17(28)22-9-12-5-4-8-29-12)10-15(26)23-14-7-3-2-6-13(14)18(19,20)21/h2-8H,9-11H2,1H3,(H,23,26)(H2,22,24,27,28). The van der Waals surface area contributed by atoms with Gasteiger partial charge in [-0.1, -0.05) is 12.1 Å². The van der Waals surface area contributed by atoms with Crippen molar-refractivity contribution in [2.45, 2.75) is 12.7 Å². The number of para-hydroxylation sites is 1. The minimum absolute atomic E-state index is 0.0863. The van der Waals surface area contributed by atoms with Gasteiger partial charge in [0.1, 0.15) is 5.76 Å². The van der Waals surface area contributed by atoms with Gasteiger partial charge in [-0.3, -0.25) is 19.8 Å². The number of rotatable bonds is 7. The van der Waals surface area contributed by atoms with Crippen molar-refractivity contribution in [3.8, 4) is 0 Å². The van der Waals surface area contributed by atoms with Crippen LogP contribution in [0.3, 0.4) is 0 Å². The third-order valence-electron chi connectivity index (χ3n) is 3.59. The third kappa shape index (κ3) is 7.30. The predicted octanol–water partition coefficient (Wildman–Crippen LogP) is 2.19. The summed E-state index contributed by atoms with van der Waals surface area (Å²) in [4.78, 5) is 36.7. The monoisotopic (exact) mass is 412 g/mol. The molecule has 11 heteroatoms. The van der Waals surface area contributed by atoms with E-state index < -0.39 is 29.6 Å². The van der Waals surface area contributed by atoms with Crippen molar-refractivity contribution in [3.05, 3.63) is 54.0 Å². The highest BCUT2D eigenvalue weighted by Gasteiger charge is 2.33. The number of amides is 4. The first-order valence-corrected chi connectivity index (χ1v) is 8.40. The van der Waals surface area contributed by atoms with Gasteiger partial charge < -0.3 is 15.1 Å². The average molecular weight is 412 g/mol. The molecule has 3 N–H and O–H groups in total. The molecular formula is C18H19F3N4O4. The summed E-state index contributed by atoms with van der Waals surface area (Å²) < 4.78 is 43.9. The minimum Gasteiger partial charge on any atom is -0.467 e. The van der Waals surface area contributed by atoms with E-state index in [1.54, 1.807) is 12.1 Å². The van der Waals surface area contributed by atoms with Gasteiger partial charge in [-0.2, -0.15) is 13.2 Å². The van der Waals surface area contributed by atoms with E-state index >= 15 is 0 Å². The quantitative estimate of drug-likeness (QED) is 0.647. The van der Waals surface area contributed by atoms with Crippen LogP contribution in [0.5, 0.6) is 0 Å². The molecule has 2 aromatic rings. The summed E-state index contributed by atoms with van der Waals surface area (Å²) in [5.74, 6) is -0.923. The van der Waals surface area contributed by atoms with Crippen molar-refractivity contribution in [1.82, 2.24) is 15.5 Å². The zero-order chi connectivity index (χ0) is 21.4. The molecule has 0 bridgehead atoms. The number of furan rings is 1. The Morgan fingerprint density at radius 2 is 1.72 bits per heavy atom. The summed E-state index contributed by atoms with van der Waals surface area (Å²) in [6.07, 6.45) is -3.17. The molecule has 0 saturated carbocycles. The van der Waals surface area contributed by atoms with Crippen LogP contribution >= 0.6 is 0 Å². The molecule has 0 saturated heterocycles. The molecule has 29 heavy (non-hydrogen) atoms. The van der Waals surface area contributed by atoms with E-state index in [0.717, 1.165) is 12.1 Å². The van der Waals surface area contributed by atoms with Gasteiger partial charge in [0.25, 0.3) is 0 Å². The maximum atomic E-state index is 12.9. The first kappa shape index (κ1) is 22.0. The first-order chi connectivity index (χ1) is 13.6. The van der Waals surface area contributed by atoms with E-state index in [1.807, 2.05) is 0 Å². The van der Waals surface area contributed by atoms with Gasteiger partial charge in [0.05, 0.1) is 37.1 Å². The second-order valence-electron chi connectivity index (χ2n) is 6.07. The number of imide groups is 1. The van der Waals surface area contributed by atoms with Crippen molar-refractivity contribution in [3.63, 3.8) is 0 Å². The van der Waals surface area contributed by atoms with Crippen LogP contribution in [0.25, 0.3) is 0 Å². The lowest BCUT2D eigenvalue weighted by Gasteiger charge is -2.17. The van der Waals surface area contributed by atoms with Crippen LogP contribution in [-0.4, -0.2) is 42.9 Å². The average Bonchev–Trinajstić information content (AvgIpc) is 3.12. The molecule has 156 valence electrons. The second kappa shape index (κ2) is 9.73. The number of nitrogens with one attached hydrogen (secondary N) is 3. The van der Waals surface area contributed by atoms with Crippen LogP contribution in [-0.2, 0) is 22.3 Å². The molecule has 0 aliphatic rings. The third-order valence-corrected chi connectivity index (χ3v) is 3.59. The number of likely N-dealkylation sites (N-methyl/N-ethyl adjacent to an activating group) is 1. The number of carbonyl (C=O) groups excluding carboxylic acids is 3. The SMILES string of the molecule is CN(CC(=O)NC(=O)NCc1ccco1)CC(=O)Nc1ccccc1C(F)(F)F. The Morgan fingerprint density at radius 3 is 2.38 bits per heavy atom. The van der Waals surface area contributed by atoms with Gasteiger partial charge in [-0.15, -0.1) is 0 Å². The van der Waals surface area contributed by atoms with Crippen LogP contribution in [0, 0.1) is 0 Å². The maximum Gasteiger partial charge on any atom is 0.418 e. The van der Waals surface area contributed by atoms with Crippen molar-refractivity contribution < 1.29 is 32.0 Å². The summed E-state index contributed by atoms with van der Waals surface area (Å²) in [5.41, 5.74) is -1.35. The Balaban J connectivity index is 1.78. The highest BCUT2D eigenvalue weighted by molar-refractivity contribution is 5.96. The molecule has 0 spiro atoms. The number of anilines is 1.